The fraction of sp³-hybridized carbons (Fsp3) is 1.00. The van der Waals surface area contributed by atoms with Crippen LogP contribution < -0.4 is 10.6 Å². The van der Waals surface area contributed by atoms with E-state index in [0.29, 0.717) is 0 Å². The number of hydrogen-bond donors (Lipinski definition) is 2. The van der Waals surface area contributed by atoms with Gasteiger partial charge in [-0.15, -0.1) is 0 Å². The molecule has 0 bridgehead atoms. The molecule has 0 spiro atoms. The summed E-state index contributed by atoms with van der Waals surface area (Å²) in [6.45, 7) is 2.56. The van der Waals surface area contributed by atoms with E-state index in [1.807, 2.05) is 0 Å². The van der Waals surface area contributed by atoms with Crippen LogP contribution >= 0.6 is 0 Å². The van der Waals surface area contributed by atoms with Gasteiger partial charge in [0.15, 0.2) is 0 Å². The Morgan fingerprint density at radius 1 is 0.833 bits per heavy atom. The van der Waals surface area contributed by atoms with Gasteiger partial charge in [0, 0.05) is 12.1 Å². The van der Waals surface area contributed by atoms with Crippen molar-refractivity contribution in [2.75, 3.05) is 13.1 Å². The van der Waals surface area contributed by atoms with Gasteiger partial charge in [0.2, 0.25) is 0 Å². The Morgan fingerprint density at radius 2 is 1.67 bits per heavy atom. The molecule has 1 saturated heterocycles. The smallest absolute Gasteiger partial charge is 0.0110 e. The monoisotopic (exact) mass is 250 g/mol. The highest BCUT2D eigenvalue weighted by Crippen LogP contribution is 2.31. The van der Waals surface area contributed by atoms with E-state index >= 15 is 0 Å². The molecule has 0 aromatic carbocycles. The predicted octanol–water partition coefficient (Wildman–Crippen LogP) is 3.08. The van der Waals surface area contributed by atoms with E-state index in [0.717, 1.165) is 23.9 Å². The minimum atomic E-state index is 0.815. The van der Waals surface area contributed by atoms with Crippen molar-refractivity contribution in [3.63, 3.8) is 0 Å². The molecule has 2 heteroatoms. The van der Waals surface area contributed by atoms with E-state index in [-0.39, 0.29) is 0 Å². The average Bonchev–Trinajstić information content (AvgIpc) is 2.39. The van der Waals surface area contributed by atoms with Gasteiger partial charge in [0.1, 0.15) is 0 Å². The van der Waals surface area contributed by atoms with E-state index in [1.54, 1.807) is 0 Å². The van der Waals surface area contributed by atoms with E-state index < -0.39 is 0 Å². The van der Waals surface area contributed by atoms with Crippen LogP contribution in [0.1, 0.15) is 64.2 Å². The quantitative estimate of drug-likeness (QED) is 0.801. The van der Waals surface area contributed by atoms with Crippen LogP contribution in [-0.4, -0.2) is 25.2 Å². The summed E-state index contributed by atoms with van der Waals surface area (Å²) in [7, 11) is 0. The van der Waals surface area contributed by atoms with Gasteiger partial charge in [-0.1, -0.05) is 25.7 Å². The van der Waals surface area contributed by atoms with Gasteiger partial charge in [0.25, 0.3) is 0 Å². The van der Waals surface area contributed by atoms with Crippen LogP contribution in [0.25, 0.3) is 0 Å². The second-order valence-electron chi connectivity index (χ2n) is 6.82. The number of piperidine rings is 1. The molecule has 0 amide bonds. The van der Waals surface area contributed by atoms with Crippen LogP contribution in [0.3, 0.4) is 0 Å². The minimum Gasteiger partial charge on any atom is -0.314 e. The molecule has 18 heavy (non-hydrogen) atoms. The lowest BCUT2D eigenvalue weighted by Crippen LogP contribution is -2.51. The molecule has 104 valence electrons. The highest BCUT2D eigenvalue weighted by molar-refractivity contribution is 4.91. The van der Waals surface area contributed by atoms with Gasteiger partial charge in [-0.05, 0) is 63.5 Å². The second kappa shape index (κ2) is 6.38. The summed E-state index contributed by atoms with van der Waals surface area (Å²) in [5, 5.41) is 7.73. The van der Waals surface area contributed by atoms with Crippen molar-refractivity contribution in [3.05, 3.63) is 0 Å². The van der Waals surface area contributed by atoms with Crippen LogP contribution in [0.4, 0.5) is 0 Å². The Labute approximate surface area is 112 Å². The van der Waals surface area contributed by atoms with Crippen molar-refractivity contribution >= 4 is 0 Å². The largest absolute Gasteiger partial charge is 0.314 e. The van der Waals surface area contributed by atoms with E-state index in [9.17, 15) is 0 Å². The Kier molecular flexibility index (Phi) is 4.58. The van der Waals surface area contributed by atoms with Gasteiger partial charge in [-0.25, -0.2) is 0 Å². The van der Waals surface area contributed by atoms with Crippen molar-refractivity contribution in [3.8, 4) is 0 Å². The lowest BCUT2D eigenvalue weighted by molar-refractivity contribution is 0.169. The maximum atomic E-state index is 3.93. The van der Waals surface area contributed by atoms with Crippen molar-refractivity contribution in [2.24, 2.45) is 11.8 Å². The Hall–Kier alpha value is -0.0800. The van der Waals surface area contributed by atoms with Crippen molar-refractivity contribution in [1.82, 2.24) is 10.6 Å². The number of rotatable bonds is 4. The van der Waals surface area contributed by atoms with Gasteiger partial charge in [-0.3, -0.25) is 0 Å². The van der Waals surface area contributed by atoms with E-state index in [4.69, 9.17) is 0 Å². The van der Waals surface area contributed by atoms with Crippen LogP contribution in [0.15, 0.2) is 0 Å². The summed E-state index contributed by atoms with van der Waals surface area (Å²) in [6.07, 6.45) is 14.5. The minimum absolute atomic E-state index is 0.815. The summed E-state index contributed by atoms with van der Waals surface area (Å²) in [4.78, 5) is 0. The predicted molar refractivity (Wildman–Crippen MR) is 76.7 cm³/mol. The summed E-state index contributed by atoms with van der Waals surface area (Å²) < 4.78 is 0. The Morgan fingerprint density at radius 3 is 2.39 bits per heavy atom. The zero-order chi connectivity index (χ0) is 12.2. The molecular weight excluding hydrogens is 220 g/mol. The average molecular weight is 250 g/mol. The molecule has 3 aliphatic rings. The SMILES string of the molecule is C1CCC(C2CCCCC2NCC2CCC2)NC1. The molecule has 2 aliphatic carbocycles. The number of nitrogens with one attached hydrogen (secondary N) is 2. The normalized spacial score (nSPS) is 38.3. The Bertz CT molecular complexity index is 243. The first kappa shape index (κ1) is 12.9. The molecule has 0 aromatic heterocycles. The van der Waals surface area contributed by atoms with Crippen LogP contribution in [0, 0.1) is 11.8 Å². The molecule has 3 fully saturated rings. The van der Waals surface area contributed by atoms with Gasteiger partial charge in [-0.2, -0.15) is 0 Å². The molecule has 2 saturated carbocycles. The molecule has 2 N–H and O–H groups in total. The topological polar surface area (TPSA) is 24.1 Å². The highest BCUT2D eigenvalue weighted by atomic mass is 15.0. The fourth-order valence-electron chi connectivity index (χ4n) is 4.15. The standard InChI is InChI=1S/C16H30N2/c1-2-9-16(18-12-13-6-5-7-13)14(8-1)15-10-3-4-11-17-15/h13-18H,1-12H2. The van der Waals surface area contributed by atoms with E-state index in [1.165, 1.54) is 77.3 Å². The molecule has 2 nitrogen and oxygen atoms in total. The first-order valence-corrected chi connectivity index (χ1v) is 8.40. The summed E-state index contributed by atoms with van der Waals surface area (Å²) in [5.41, 5.74) is 0. The van der Waals surface area contributed by atoms with Crippen molar-refractivity contribution in [2.45, 2.75) is 76.3 Å². The van der Waals surface area contributed by atoms with Crippen molar-refractivity contribution < 1.29 is 0 Å². The molecule has 0 radical (unpaired) electrons. The zero-order valence-electron chi connectivity index (χ0n) is 11.8. The molecule has 0 aromatic rings. The third-order valence-electron chi connectivity index (χ3n) is 5.58. The van der Waals surface area contributed by atoms with Crippen LogP contribution in [-0.2, 0) is 0 Å². The molecular formula is C16H30N2. The second-order valence-corrected chi connectivity index (χ2v) is 6.82. The third-order valence-corrected chi connectivity index (χ3v) is 5.58. The highest BCUT2D eigenvalue weighted by Gasteiger charge is 2.32. The molecule has 3 rings (SSSR count). The van der Waals surface area contributed by atoms with Gasteiger partial charge >= 0.3 is 0 Å². The Balaban J connectivity index is 1.51. The first-order valence-electron chi connectivity index (χ1n) is 8.40. The zero-order valence-corrected chi connectivity index (χ0v) is 11.8. The maximum Gasteiger partial charge on any atom is 0.0110 e. The van der Waals surface area contributed by atoms with Crippen LogP contribution in [0.2, 0.25) is 0 Å². The molecule has 1 heterocycles. The summed E-state index contributed by atoms with van der Waals surface area (Å²) in [5.74, 6) is 1.92. The van der Waals surface area contributed by atoms with Crippen molar-refractivity contribution in [1.29, 1.82) is 0 Å². The summed E-state index contributed by atoms with van der Waals surface area (Å²) in [6, 6.07) is 1.63. The lowest BCUT2D eigenvalue weighted by Gasteiger charge is -2.41. The maximum absolute atomic E-state index is 3.93. The fourth-order valence-corrected chi connectivity index (χ4v) is 4.15. The van der Waals surface area contributed by atoms with Gasteiger partial charge in [0.05, 0.1) is 0 Å². The summed E-state index contributed by atoms with van der Waals surface area (Å²) >= 11 is 0. The first-order chi connectivity index (χ1) is 8.93. The van der Waals surface area contributed by atoms with Crippen LogP contribution in [0.5, 0.6) is 0 Å². The number of hydrogen-bond acceptors (Lipinski definition) is 2. The third kappa shape index (κ3) is 3.08. The molecule has 3 unspecified atom stereocenters. The lowest BCUT2D eigenvalue weighted by atomic mass is 9.76. The molecule has 1 aliphatic heterocycles. The van der Waals surface area contributed by atoms with E-state index in [2.05, 4.69) is 10.6 Å². The van der Waals surface area contributed by atoms with Gasteiger partial charge < -0.3 is 10.6 Å². The molecule has 3 atom stereocenters.